The van der Waals surface area contributed by atoms with Gasteiger partial charge in [0.25, 0.3) is 0 Å². The summed E-state index contributed by atoms with van der Waals surface area (Å²) in [5.41, 5.74) is 6.19. The van der Waals surface area contributed by atoms with Crippen LogP contribution in [0.5, 0.6) is 5.75 Å². The van der Waals surface area contributed by atoms with Crippen LogP contribution in [-0.4, -0.2) is 6.04 Å². The quantitative estimate of drug-likeness (QED) is 0.922. The molecule has 0 amide bonds. The van der Waals surface area contributed by atoms with Gasteiger partial charge in [-0.05, 0) is 31.2 Å². The van der Waals surface area contributed by atoms with Crippen molar-refractivity contribution < 1.29 is 13.5 Å². The van der Waals surface area contributed by atoms with Gasteiger partial charge < -0.3 is 10.5 Å². The first-order chi connectivity index (χ1) is 9.49. The standard InChI is InChI=1S/C15H14ClF2NO/c1-9(19)15(11-4-2-3-5-13(11)18)20-14-7-6-10(17)8-12(14)16/h2-9,15H,19H2,1H3. The van der Waals surface area contributed by atoms with E-state index in [9.17, 15) is 8.78 Å². The molecule has 20 heavy (non-hydrogen) atoms. The van der Waals surface area contributed by atoms with Gasteiger partial charge in [0, 0.05) is 11.6 Å². The molecule has 5 heteroatoms. The van der Waals surface area contributed by atoms with Crippen LogP contribution in [0.3, 0.4) is 0 Å². The molecule has 2 rings (SSSR count). The number of rotatable bonds is 4. The molecule has 0 fully saturated rings. The maximum absolute atomic E-state index is 13.8. The van der Waals surface area contributed by atoms with Gasteiger partial charge in [0.05, 0.1) is 5.02 Å². The van der Waals surface area contributed by atoms with Gasteiger partial charge in [-0.25, -0.2) is 8.78 Å². The number of benzene rings is 2. The van der Waals surface area contributed by atoms with Crippen molar-refractivity contribution in [3.63, 3.8) is 0 Å². The van der Waals surface area contributed by atoms with Crippen molar-refractivity contribution in [3.05, 3.63) is 64.7 Å². The molecule has 2 unspecified atom stereocenters. The molecule has 2 atom stereocenters. The molecule has 2 nitrogen and oxygen atoms in total. The minimum atomic E-state index is -0.709. The summed E-state index contributed by atoms with van der Waals surface area (Å²) >= 11 is 5.91. The predicted octanol–water partition coefficient (Wildman–Crippen LogP) is 4.09. The topological polar surface area (TPSA) is 35.2 Å². The van der Waals surface area contributed by atoms with Crippen LogP contribution >= 0.6 is 11.6 Å². The van der Waals surface area contributed by atoms with Gasteiger partial charge in [0.1, 0.15) is 23.5 Å². The summed E-state index contributed by atoms with van der Waals surface area (Å²) in [7, 11) is 0. The van der Waals surface area contributed by atoms with Gasteiger partial charge in [0.15, 0.2) is 0 Å². The Morgan fingerprint density at radius 3 is 2.45 bits per heavy atom. The minimum Gasteiger partial charge on any atom is -0.482 e. The summed E-state index contributed by atoms with van der Waals surface area (Å²) in [4.78, 5) is 0. The summed E-state index contributed by atoms with van der Waals surface area (Å²) in [5.74, 6) is -0.614. The van der Waals surface area contributed by atoms with E-state index in [0.29, 0.717) is 5.56 Å². The molecule has 0 saturated heterocycles. The third kappa shape index (κ3) is 3.26. The van der Waals surface area contributed by atoms with E-state index in [2.05, 4.69) is 0 Å². The van der Waals surface area contributed by atoms with Gasteiger partial charge in [-0.15, -0.1) is 0 Å². The fourth-order valence-corrected chi connectivity index (χ4v) is 2.08. The molecule has 2 aromatic rings. The SMILES string of the molecule is CC(N)C(Oc1ccc(F)cc1Cl)c1ccccc1F. The third-order valence-corrected chi connectivity index (χ3v) is 3.13. The zero-order chi connectivity index (χ0) is 14.7. The average molecular weight is 298 g/mol. The average Bonchev–Trinajstić information content (AvgIpc) is 2.39. The Morgan fingerprint density at radius 2 is 1.85 bits per heavy atom. The second-order valence-electron chi connectivity index (χ2n) is 4.49. The van der Waals surface area contributed by atoms with Crippen molar-refractivity contribution >= 4 is 11.6 Å². The number of halogens is 3. The summed E-state index contributed by atoms with van der Waals surface area (Å²) in [6.07, 6.45) is -0.709. The van der Waals surface area contributed by atoms with Crippen LogP contribution in [0.15, 0.2) is 42.5 Å². The zero-order valence-corrected chi connectivity index (χ0v) is 11.6. The van der Waals surface area contributed by atoms with Crippen LogP contribution in [0.25, 0.3) is 0 Å². The monoisotopic (exact) mass is 297 g/mol. The molecule has 0 aliphatic rings. The Labute approximate surface area is 121 Å². The predicted molar refractivity (Wildman–Crippen MR) is 74.8 cm³/mol. The lowest BCUT2D eigenvalue weighted by atomic mass is 10.0. The summed E-state index contributed by atoms with van der Waals surface area (Å²) in [6, 6.07) is 9.51. The number of hydrogen-bond acceptors (Lipinski definition) is 2. The van der Waals surface area contributed by atoms with Crippen LogP contribution in [-0.2, 0) is 0 Å². The van der Waals surface area contributed by atoms with Gasteiger partial charge >= 0.3 is 0 Å². The second-order valence-corrected chi connectivity index (χ2v) is 4.90. The van der Waals surface area contributed by atoms with E-state index in [-0.39, 0.29) is 10.8 Å². The Bertz CT molecular complexity index is 604. The highest BCUT2D eigenvalue weighted by Crippen LogP contribution is 2.31. The van der Waals surface area contributed by atoms with Gasteiger partial charge in [0.2, 0.25) is 0 Å². The van der Waals surface area contributed by atoms with Crippen LogP contribution in [0, 0.1) is 11.6 Å². The fourth-order valence-electron chi connectivity index (χ4n) is 1.87. The molecule has 0 heterocycles. The zero-order valence-electron chi connectivity index (χ0n) is 10.8. The molecular weight excluding hydrogens is 284 g/mol. The van der Waals surface area contributed by atoms with E-state index >= 15 is 0 Å². The molecule has 106 valence electrons. The second kappa shape index (κ2) is 6.20. The van der Waals surface area contributed by atoms with E-state index in [1.807, 2.05) is 0 Å². The van der Waals surface area contributed by atoms with Crippen molar-refractivity contribution in [1.29, 1.82) is 0 Å². The Balaban J connectivity index is 2.33. The molecule has 2 N–H and O–H groups in total. The lowest BCUT2D eigenvalue weighted by molar-refractivity contribution is 0.175. The van der Waals surface area contributed by atoms with Crippen LogP contribution in [0.2, 0.25) is 5.02 Å². The summed E-state index contributed by atoms with van der Waals surface area (Å²) < 4.78 is 32.5. The summed E-state index contributed by atoms with van der Waals surface area (Å²) in [6.45, 7) is 1.70. The highest BCUT2D eigenvalue weighted by molar-refractivity contribution is 6.32. The Morgan fingerprint density at radius 1 is 1.15 bits per heavy atom. The molecule has 0 aliphatic heterocycles. The van der Waals surface area contributed by atoms with E-state index in [0.717, 1.165) is 6.07 Å². The lowest BCUT2D eigenvalue weighted by Gasteiger charge is -2.24. The normalized spacial score (nSPS) is 13.8. The van der Waals surface area contributed by atoms with Gasteiger partial charge in [-0.1, -0.05) is 29.8 Å². The fraction of sp³-hybridized carbons (Fsp3) is 0.200. The smallest absolute Gasteiger partial charge is 0.141 e. The molecule has 0 radical (unpaired) electrons. The van der Waals surface area contributed by atoms with Gasteiger partial charge in [-0.2, -0.15) is 0 Å². The number of nitrogens with two attached hydrogens (primary N) is 1. The Hall–Kier alpha value is -1.65. The van der Waals surface area contributed by atoms with Crippen LogP contribution in [0.1, 0.15) is 18.6 Å². The van der Waals surface area contributed by atoms with Crippen molar-refractivity contribution in [1.82, 2.24) is 0 Å². The van der Waals surface area contributed by atoms with E-state index in [4.69, 9.17) is 22.1 Å². The number of hydrogen-bond donors (Lipinski definition) is 1. The van der Waals surface area contributed by atoms with E-state index in [1.165, 1.54) is 18.2 Å². The molecule has 0 bridgehead atoms. The molecule has 0 aliphatic carbocycles. The van der Waals surface area contributed by atoms with Crippen molar-refractivity contribution in [2.75, 3.05) is 0 Å². The van der Waals surface area contributed by atoms with E-state index in [1.54, 1.807) is 25.1 Å². The first-order valence-electron chi connectivity index (χ1n) is 6.10. The first kappa shape index (κ1) is 14.8. The highest BCUT2D eigenvalue weighted by atomic mass is 35.5. The summed E-state index contributed by atoms with van der Waals surface area (Å²) in [5, 5.41) is 0.118. The molecule has 0 saturated carbocycles. The highest BCUT2D eigenvalue weighted by Gasteiger charge is 2.22. The molecule has 2 aromatic carbocycles. The van der Waals surface area contributed by atoms with Crippen LogP contribution in [0.4, 0.5) is 8.78 Å². The maximum Gasteiger partial charge on any atom is 0.141 e. The molecule has 0 aromatic heterocycles. The van der Waals surface area contributed by atoms with Crippen molar-refractivity contribution in [3.8, 4) is 5.75 Å². The first-order valence-corrected chi connectivity index (χ1v) is 6.48. The van der Waals surface area contributed by atoms with E-state index < -0.39 is 23.8 Å². The maximum atomic E-state index is 13.8. The molecular formula is C15H14ClF2NO. The number of ether oxygens (including phenoxy) is 1. The minimum absolute atomic E-state index is 0.118. The van der Waals surface area contributed by atoms with Gasteiger partial charge in [-0.3, -0.25) is 0 Å². The lowest BCUT2D eigenvalue weighted by Crippen LogP contribution is -2.29. The largest absolute Gasteiger partial charge is 0.482 e. The van der Waals surface area contributed by atoms with Crippen LogP contribution < -0.4 is 10.5 Å². The third-order valence-electron chi connectivity index (χ3n) is 2.84. The van der Waals surface area contributed by atoms with Crippen molar-refractivity contribution in [2.24, 2.45) is 5.73 Å². The molecule has 0 spiro atoms. The Kier molecular flexibility index (Phi) is 4.57. The van der Waals surface area contributed by atoms with Crippen molar-refractivity contribution in [2.45, 2.75) is 19.1 Å².